The van der Waals surface area contributed by atoms with Crippen LogP contribution in [-0.4, -0.2) is 19.3 Å². The minimum atomic E-state index is -0.364. The topological polar surface area (TPSA) is 51.8 Å². The number of rotatable bonds is 4. The summed E-state index contributed by atoms with van der Waals surface area (Å²) in [4.78, 5) is 15.8. The Labute approximate surface area is 144 Å². The highest BCUT2D eigenvalue weighted by Gasteiger charge is 2.07. The van der Waals surface area contributed by atoms with Crippen molar-refractivity contribution >= 4 is 29.5 Å². The Morgan fingerprint density at radius 1 is 1.04 bits per heavy atom. The van der Waals surface area contributed by atoms with Crippen molar-refractivity contribution in [3.63, 3.8) is 0 Å². The number of nitrogens with zero attached hydrogens (tertiary/aromatic N) is 1. The second-order valence-corrected chi connectivity index (χ2v) is 5.44. The van der Waals surface area contributed by atoms with Crippen LogP contribution in [0.2, 0.25) is 5.02 Å². The first-order valence-electron chi connectivity index (χ1n) is 7.24. The van der Waals surface area contributed by atoms with E-state index in [9.17, 15) is 4.79 Å². The molecule has 0 radical (unpaired) electrons. The number of benzene rings is 2. The van der Waals surface area contributed by atoms with E-state index in [-0.39, 0.29) is 5.97 Å². The Balaban J connectivity index is 1.75. The standard InChI is InChI=1S/C19H14ClNO3/c1-23-19(22)14-4-2-13(3-5-14)18-11-10-17(24-18)12-21-16-8-6-15(20)7-9-16/h2-12H,1H3. The van der Waals surface area contributed by atoms with Gasteiger partial charge in [-0.1, -0.05) is 23.7 Å². The normalized spacial score (nSPS) is 10.9. The number of methoxy groups -OCH3 is 1. The fourth-order valence-corrected chi connectivity index (χ4v) is 2.26. The molecule has 0 saturated heterocycles. The SMILES string of the molecule is COC(=O)c1ccc(-c2ccc(C=Nc3ccc(Cl)cc3)o2)cc1. The van der Waals surface area contributed by atoms with Crippen LogP contribution in [0.4, 0.5) is 5.69 Å². The Morgan fingerprint density at radius 2 is 1.75 bits per heavy atom. The van der Waals surface area contributed by atoms with Crippen LogP contribution in [0.1, 0.15) is 16.1 Å². The lowest BCUT2D eigenvalue weighted by Crippen LogP contribution is -2.00. The van der Waals surface area contributed by atoms with Gasteiger partial charge in [0.15, 0.2) is 0 Å². The molecule has 3 rings (SSSR count). The Morgan fingerprint density at radius 3 is 2.42 bits per heavy atom. The first kappa shape index (κ1) is 16.0. The maximum atomic E-state index is 11.4. The van der Waals surface area contributed by atoms with Gasteiger partial charge < -0.3 is 9.15 Å². The van der Waals surface area contributed by atoms with Crippen molar-refractivity contribution in [3.05, 3.63) is 77.0 Å². The number of hydrogen-bond donors (Lipinski definition) is 0. The van der Waals surface area contributed by atoms with E-state index in [1.807, 2.05) is 36.4 Å². The number of halogens is 1. The van der Waals surface area contributed by atoms with E-state index in [1.165, 1.54) is 7.11 Å². The van der Waals surface area contributed by atoms with Gasteiger partial charge in [0.25, 0.3) is 0 Å². The van der Waals surface area contributed by atoms with Crippen molar-refractivity contribution in [2.75, 3.05) is 7.11 Å². The van der Waals surface area contributed by atoms with Crippen LogP contribution in [0.3, 0.4) is 0 Å². The smallest absolute Gasteiger partial charge is 0.337 e. The minimum Gasteiger partial charge on any atom is -0.465 e. The van der Waals surface area contributed by atoms with Gasteiger partial charge in [0.05, 0.1) is 24.6 Å². The molecule has 0 spiro atoms. The summed E-state index contributed by atoms with van der Waals surface area (Å²) in [7, 11) is 1.36. The van der Waals surface area contributed by atoms with E-state index in [0.717, 1.165) is 11.3 Å². The zero-order valence-corrected chi connectivity index (χ0v) is 13.7. The van der Waals surface area contributed by atoms with Gasteiger partial charge in [-0.05, 0) is 48.5 Å². The van der Waals surface area contributed by atoms with Crippen LogP contribution >= 0.6 is 11.6 Å². The second-order valence-electron chi connectivity index (χ2n) is 5.01. The molecule has 4 nitrogen and oxygen atoms in total. The quantitative estimate of drug-likeness (QED) is 0.488. The number of aliphatic imine (C=N–C) groups is 1. The van der Waals surface area contributed by atoms with Crippen molar-refractivity contribution in [1.82, 2.24) is 0 Å². The molecular formula is C19H14ClNO3. The third-order valence-electron chi connectivity index (χ3n) is 3.38. The van der Waals surface area contributed by atoms with Crippen LogP contribution in [0.15, 0.2) is 70.1 Å². The molecule has 0 atom stereocenters. The molecule has 0 N–H and O–H groups in total. The van der Waals surface area contributed by atoms with Gasteiger partial charge in [-0.25, -0.2) is 4.79 Å². The lowest BCUT2D eigenvalue weighted by molar-refractivity contribution is 0.0601. The van der Waals surface area contributed by atoms with Crippen LogP contribution in [0, 0.1) is 0 Å². The van der Waals surface area contributed by atoms with Crippen molar-refractivity contribution < 1.29 is 13.9 Å². The fourth-order valence-electron chi connectivity index (χ4n) is 2.13. The predicted octanol–water partition coefficient (Wildman–Crippen LogP) is 5.14. The highest BCUT2D eigenvalue weighted by molar-refractivity contribution is 6.30. The van der Waals surface area contributed by atoms with Crippen LogP contribution in [0.25, 0.3) is 11.3 Å². The Bertz CT molecular complexity index is 864. The van der Waals surface area contributed by atoms with Gasteiger partial charge >= 0.3 is 5.97 Å². The average molecular weight is 340 g/mol. The highest BCUT2D eigenvalue weighted by Crippen LogP contribution is 2.23. The average Bonchev–Trinajstić information content (AvgIpc) is 3.10. The van der Waals surface area contributed by atoms with E-state index in [1.54, 1.807) is 30.5 Å². The lowest BCUT2D eigenvalue weighted by atomic mass is 10.1. The maximum Gasteiger partial charge on any atom is 0.337 e. The summed E-state index contributed by atoms with van der Waals surface area (Å²) >= 11 is 5.84. The molecular weight excluding hydrogens is 326 g/mol. The predicted molar refractivity (Wildman–Crippen MR) is 94.2 cm³/mol. The molecule has 0 aliphatic carbocycles. The molecule has 0 bridgehead atoms. The van der Waals surface area contributed by atoms with E-state index >= 15 is 0 Å². The van der Waals surface area contributed by atoms with Gasteiger partial charge in [0.1, 0.15) is 11.5 Å². The molecule has 1 heterocycles. The maximum absolute atomic E-state index is 11.4. The Kier molecular flexibility index (Phi) is 4.77. The zero-order valence-electron chi connectivity index (χ0n) is 12.9. The van der Waals surface area contributed by atoms with E-state index in [2.05, 4.69) is 9.73 Å². The summed E-state index contributed by atoms with van der Waals surface area (Å²) in [6.07, 6.45) is 1.65. The molecule has 1 aromatic heterocycles. The molecule has 120 valence electrons. The lowest BCUT2D eigenvalue weighted by Gasteiger charge is -2.00. The van der Waals surface area contributed by atoms with Crippen LogP contribution < -0.4 is 0 Å². The van der Waals surface area contributed by atoms with Gasteiger partial charge in [0, 0.05) is 10.6 Å². The zero-order chi connectivity index (χ0) is 16.9. The summed E-state index contributed by atoms with van der Waals surface area (Å²) in [6.45, 7) is 0. The number of esters is 1. The van der Waals surface area contributed by atoms with Gasteiger partial charge in [-0.3, -0.25) is 4.99 Å². The van der Waals surface area contributed by atoms with E-state index in [0.29, 0.717) is 22.1 Å². The number of carbonyl (C=O) groups is 1. The van der Waals surface area contributed by atoms with Gasteiger partial charge in [-0.2, -0.15) is 0 Å². The molecule has 24 heavy (non-hydrogen) atoms. The third-order valence-corrected chi connectivity index (χ3v) is 3.64. The highest BCUT2D eigenvalue weighted by atomic mass is 35.5. The Hall–Kier alpha value is -2.85. The molecule has 0 aliphatic heterocycles. The number of carbonyl (C=O) groups excluding carboxylic acids is 1. The summed E-state index contributed by atoms with van der Waals surface area (Å²) in [5.74, 6) is 0.970. The second kappa shape index (κ2) is 7.15. The summed E-state index contributed by atoms with van der Waals surface area (Å²) in [6, 6.07) is 17.9. The molecule has 0 amide bonds. The largest absolute Gasteiger partial charge is 0.465 e. The molecule has 0 saturated carbocycles. The molecule has 0 unspecified atom stereocenters. The first-order chi connectivity index (χ1) is 11.7. The fraction of sp³-hybridized carbons (Fsp3) is 0.0526. The van der Waals surface area contributed by atoms with E-state index in [4.69, 9.17) is 16.0 Å². The number of furan rings is 1. The van der Waals surface area contributed by atoms with Gasteiger partial charge in [-0.15, -0.1) is 0 Å². The summed E-state index contributed by atoms with van der Waals surface area (Å²) < 4.78 is 10.4. The summed E-state index contributed by atoms with van der Waals surface area (Å²) in [5, 5.41) is 0.671. The van der Waals surface area contributed by atoms with Crippen LogP contribution in [-0.2, 0) is 4.74 Å². The minimum absolute atomic E-state index is 0.364. The van der Waals surface area contributed by atoms with Crippen molar-refractivity contribution in [3.8, 4) is 11.3 Å². The molecule has 2 aromatic carbocycles. The van der Waals surface area contributed by atoms with Crippen molar-refractivity contribution in [2.45, 2.75) is 0 Å². The monoisotopic (exact) mass is 339 g/mol. The van der Waals surface area contributed by atoms with Gasteiger partial charge in [0.2, 0.25) is 0 Å². The van der Waals surface area contributed by atoms with E-state index < -0.39 is 0 Å². The molecule has 0 fully saturated rings. The molecule has 5 heteroatoms. The molecule has 3 aromatic rings. The summed E-state index contributed by atoms with van der Waals surface area (Å²) in [5.41, 5.74) is 2.16. The third kappa shape index (κ3) is 3.73. The number of ether oxygens (including phenoxy) is 1. The molecule has 0 aliphatic rings. The first-order valence-corrected chi connectivity index (χ1v) is 7.62. The number of hydrogen-bond acceptors (Lipinski definition) is 4. The van der Waals surface area contributed by atoms with Crippen molar-refractivity contribution in [1.29, 1.82) is 0 Å². The van der Waals surface area contributed by atoms with Crippen LogP contribution in [0.5, 0.6) is 0 Å². The van der Waals surface area contributed by atoms with Crippen molar-refractivity contribution in [2.24, 2.45) is 4.99 Å².